The summed E-state index contributed by atoms with van der Waals surface area (Å²) in [6.45, 7) is 0. The van der Waals surface area contributed by atoms with E-state index < -0.39 is 5.97 Å². The molecule has 0 saturated carbocycles. The quantitative estimate of drug-likeness (QED) is 0.804. The van der Waals surface area contributed by atoms with Crippen LogP contribution >= 0.6 is 11.8 Å². The van der Waals surface area contributed by atoms with E-state index in [0.29, 0.717) is 5.56 Å². The van der Waals surface area contributed by atoms with Gasteiger partial charge in [0.2, 0.25) is 5.12 Å². The van der Waals surface area contributed by atoms with Crippen LogP contribution in [0, 0.1) is 0 Å². The third-order valence-corrected chi connectivity index (χ3v) is 3.75. The van der Waals surface area contributed by atoms with Crippen LogP contribution in [-0.2, 0) is 5.75 Å². The number of carboxylic acid groups (broad SMARTS) is 1. The molecule has 0 unspecified atom stereocenters. The van der Waals surface area contributed by atoms with Gasteiger partial charge in [0.25, 0.3) is 0 Å². The minimum absolute atomic E-state index is 0.0908. The molecule has 108 valence electrons. The fourth-order valence-corrected chi connectivity index (χ4v) is 2.52. The number of hydrogen-bond acceptors (Lipinski definition) is 5. The summed E-state index contributed by atoms with van der Waals surface area (Å²) in [5.41, 5.74) is 0.599. The van der Waals surface area contributed by atoms with Gasteiger partial charge in [-0.3, -0.25) is 4.79 Å². The molecular formula is C15H12O5S. The molecule has 0 aromatic heterocycles. The van der Waals surface area contributed by atoms with Crippen LogP contribution in [0.1, 0.15) is 26.3 Å². The minimum Gasteiger partial charge on any atom is -0.507 e. The molecule has 0 spiro atoms. The molecule has 6 heteroatoms. The van der Waals surface area contributed by atoms with Gasteiger partial charge in [0.15, 0.2) is 0 Å². The van der Waals surface area contributed by atoms with Gasteiger partial charge in [0.1, 0.15) is 17.1 Å². The molecule has 2 aromatic carbocycles. The van der Waals surface area contributed by atoms with Gasteiger partial charge in [0.05, 0.1) is 5.56 Å². The summed E-state index contributed by atoms with van der Waals surface area (Å²) in [6.07, 6.45) is 0. The topological polar surface area (TPSA) is 94.8 Å². The second-order valence-electron chi connectivity index (χ2n) is 4.25. The lowest BCUT2D eigenvalue weighted by molar-refractivity contribution is 0.0693. The predicted octanol–water partition coefficient (Wildman–Crippen LogP) is 2.87. The van der Waals surface area contributed by atoms with Gasteiger partial charge in [-0.15, -0.1) is 0 Å². The normalized spacial score (nSPS) is 10.3. The summed E-state index contributed by atoms with van der Waals surface area (Å²) < 4.78 is 0. The number of phenolic OH excluding ortho intramolecular Hbond substituents is 1. The molecule has 0 aliphatic rings. The SMILES string of the molecule is O=C(O)c1cc(CSC(=O)c2ccccc2O)ccc1O. The molecule has 0 atom stereocenters. The van der Waals surface area contributed by atoms with Crippen molar-refractivity contribution in [3.8, 4) is 11.5 Å². The first-order valence-electron chi connectivity index (χ1n) is 5.99. The first-order chi connectivity index (χ1) is 9.99. The number of carboxylic acids is 1. The van der Waals surface area contributed by atoms with Crippen molar-refractivity contribution in [1.29, 1.82) is 0 Å². The van der Waals surface area contributed by atoms with Crippen LogP contribution in [0.2, 0.25) is 0 Å². The number of aromatic hydroxyl groups is 2. The number of aromatic carboxylic acids is 1. The summed E-state index contributed by atoms with van der Waals surface area (Å²) in [6, 6.07) is 10.4. The van der Waals surface area contributed by atoms with Crippen LogP contribution in [0.3, 0.4) is 0 Å². The fraction of sp³-hybridized carbons (Fsp3) is 0.0667. The van der Waals surface area contributed by atoms with E-state index in [-0.39, 0.29) is 33.5 Å². The number of carbonyl (C=O) groups is 2. The Balaban J connectivity index is 2.10. The second-order valence-corrected chi connectivity index (χ2v) is 5.20. The van der Waals surface area contributed by atoms with Crippen molar-refractivity contribution in [3.63, 3.8) is 0 Å². The van der Waals surface area contributed by atoms with Crippen molar-refractivity contribution in [2.24, 2.45) is 0 Å². The smallest absolute Gasteiger partial charge is 0.339 e. The molecule has 0 heterocycles. The van der Waals surface area contributed by atoms with Gasteiger partial charge in [-0.1, -0.05) is 30.0 Å². The Morgan fingerprint density at radius 3 is 2.29 bits per heavy atom. The summed E-state index contributed by atoms with van der Waals surface area (Å²) in [5, 5.41) is 27.6. The van der Waals surface area contributed by atoms with Gasteiger partial charge in [0, 0.05) is 5.75 Å². The van der Waals surface area contributed by atoms with Crippen molar-refractivity contribution in [2.75, 3.05) is 0 Å². The molecule has 0 bridgehead atoms. The number of benzene rings is 2. The molecule has 0 saturated heterocycles. The third-order valence-electron chi connectivity index (χ3n) is 2.79. The van der Waals surface area contributed by atoms with E-state index >= 15 is 0 Å². The molecule has 5 nitrogen and oxygen atoms in total. The Hall–Kier alpha value is -2.47. The predicted molar refractivity (Wildman–Crippen MR) is 78.8 cm³/mol. The van der Waals surface area contributed by atoms with Crippen molar-refractivity contribution < 1.29 is 24.9 Å². The number of rotatable bonds is 4. The average molecular weight is 304 g/mol. The molecule has 3 N–H and O–H groups in total. The van der Waals surface area contributed by atoms with Crippen LogP contribution in [0.5, 0.6) is 11.5 Å². The van der Waals surface area contributed by atoms with Gasteiger partial charge >= 0.3 is 5.97 Å². The molecule has 0 amide bonds. The average Bonchev–Trinajstić information content (AvgIpc) is 2.46. The fourth-order valence-electron chi connectivity index (χ4n) is 1.72. The Labute approximate surface area is 124 Å². The third kappa shape index (κ3) is 3.55. The zero-order valence-electron chi connectivity index (χ0n) is 10.8. The van der Waals surface area contributed by atoms with Gasteiger partial charge < -0.3 is 15.3 Å². The second kappa shape index (κ2) is 6.32. The molecule has 0 aliphatic heterocycles. The van der Waals surface area contributed by atoms with Gasteiger partial charge in [-0.2, -0.15) is 0 Å². The molecular weight excluding hydrogens is 292 g/mol. The lowest BCUT2D eigenvalue weighted by atomic mass is 10.1. The number of hydrogen-bond donors (Lipinski definition) is 3. The minimum atomic E-state index is -1.23. The summed E-state index contributed by atoms with van der Waals surface area (Å²) in [4.78, 5) is 22.9. The maximum atomic E-state index is 12.0. The molecule has 0 fully saturated rings. The zero-order chi connectivity index (χ0) is 15.4. The van der Waals surface area contributed by atoms with Gasteiger partial charge in [-0.05, 0) is 29.8 Å². The highest BCUT2D eigenvalue weighted by atomic mass is 32.2. The van der Waals surface area contributed by atoms with E-state index in [2.05, 4.69) is 0 Å². The monoisotopic (exact) mass is 304 g/mol. The van der Waals surface area contributed by atoms with Crippen LogP contribution in [0.4, 0.5) is 0 Å². The number of carbonyl (C=O) groups excluding carboxylic acids is 1. The van der Waals surface area contributed by atoms with Crippen molar-refractivity contribution >= 4 is 22.8 Å². The Morgan fingerprint density at radius 2 is 1.62 bits per heavy atom. The van der Waals surface area contributed by atoms with E-state index in [1.807, 2.05) is 0 Å². The molecule has 2 rings (SSSR count). The van der Waals surface area contributed by atoms with E-state index in [1.54, 1.807) is 18.2 Å². The number of para-hydroxylation sites is 1. The van der Waals surface area contributed by atoms with E-state index in [1.165, 1.54) is 24.3 Å². The first kappa shape index (κ1) is 14.9. The van der Waals surface area contributed by atoms with Crippen molar-refractivity contribution in [1.82, 2.24) is 0 Å². The highest BCUT2D eigenvalue weighted by Gasteiger charge is 2.13. The van der Waals surface area contributed by atoms with Crippen LogP contribution < -0.4 is 0 Å². The van der Waals surface area contributed by atoms with Gasteiger partial charge in [-0.25, -0.2) is 4.79 Å². The Kier molecular flexibility index (Phi) is 4.49. The molecule has 21 heavy (non-hydrogen) atoms. The highest BCUT2D eigenvalue weighted by molar-refractivity contribution is 8.13. The summed E-state index contributed by atoms with van der Waals surface area (Å²) >= 11 is 0.950. The van der Waals surface area contributed by atoms with E-state index in [9.17, 15) is 19.8 Å². The first-order valence-corrected chi connectivity index (χ1v) is 6.98. The lowest BCUT2D eigenvalue weighted by Gasteiger charge is -2.05. The van der Waals surface area contributed by atoms with E-state index in [4.69, 9.17) is 5.11 Å². The Morgan fingerprint density at radius 1 is 0.952 bits per heavy atom. The Bertz CT molecular complexity index is 696. The number of thioether (sulfide) groups is 1. The largest absolute Gasteiger partial charge is 0.507 e. The zero-order valence-corrected chi connectivity index (χ0v) is 11.6. The lowest BCUT2D eigenvalue weighted by Crippen LogP contribution is -1.99. The standard InChI is InChI=1S/C15H12O5S/c16-12-4-2-1-3-10(12)15(20)21-8-9-5-6-13(17)11(7-9)14(18)19/h1-7,16-17H,8H2,(H,18,19). The van der Waals surface area contributed by atoms with Crippen LogP contribution in [0.15, 0.2) is 42.5 Å². The summed E-state index contributed by atoms with van der Waals surface area (Å²) in [7, 11) is 0. The maximum Gasteiger partial charge on any atom is 0.339 e. The molecule has 2 aromatic rings. The summed E-state index contributed by atoms with van der Waals surface area (Å²) in [5.74, 6) is -1.39. The van der Waals surface area contributed by atoms with Crippen molar-refractivity contribution in [2.45, 2.75) is 5.75 Å². The van der Waals surface area contributed by atoms with Crippen LogP contribution in [-0.4, -0.2) is 26.4 Å². The highest BCUT2D eigenvalue weighted by Crippen LogP contribution is 2.26. The van der Waals surface area contributed by atoms with Crippen LogP contribution in [0.25, 0.3) is 0 Å². The van der Waals surface area contributed by atoms with Crippen molar-refractivity contribution in [3.05, 3.63) is 59.2 Å². The molecule has 0 aliphatic carbocycles. The maximum absolute atomic E-state index is 12.0. The number of phenols is 2. The van der Waals surface area contributed by atoms with E-state index in [0.717, 1.165) is 11.8 Å². The molecule has 0 radical (unpaired) electrons.